The standard InChI is InChI=1S/C23H27NO4/c1-13-15(3)27-20-12-21-19(11-18(13)20)14(2)17(23(26)28-21)9-10-22(25)24-16-7-5-4-6-8-16/h11-12,16H,4-10H2,1-3H3,(H,24,25). The van der Waals surface area contributed by atoms with E-state index < -0.39 is 0 Å². The van der Waals surface area contributed by atoms with Crippen molar-refractivity contribution in [2.75, 3.05) is 0 Å². The number of furan rings is 1. The van der Waals surface area contributed by atoms with Gasteiger partial charge in [-0.3, -0.25) is 4.79 Å². The van der Waals surface area contributed by atoms with Gasteiger partial charge in [0.05, 0.1) is 0 Å². The smallest absolute Gasteiger partial charge is 0.339 e. The predicted octanol–water partition coefficient (Wildman–Crippen LogP) is 4.85. The van der Waals surface area contributed by atoms with Crippen molar-refractivity contribution in [3.63, 3.8) is 0 Å². The highest BCUT2D eigenvalue weighted by atomic mass is 16.4. The Bertz CT molecular complexity index is 1100. The molecule has 2 aromatic heterocycles. The number of hydrogen-bond donors (Lipinski definition) is 1. The lowest BCUT2D eigenvalue weighted by Gasteiger charge is -2.22. The Morgan fingerprint density at radius 2 is 1.68 bits per heavy atom. The molecule has 0 aliphatic heterocycles. The fourth-order valence-electron chi connectivity index (χ4n) is 4.30. The molecule has 0 unspecified atom stereocenters. The molecule has 1 N–H and O–H groups in total. The largest absolute Gasteiger partial charge is 0.461 e. The SMILES string of the molecule is Cc1oc2cc3oc(=O)c(CCC(=O)NC4CCCCC4)c(C)c3cc2c1C. The molecule has 28 heavy (non-hydrogen) atoms. The maximum absolute atomic E-state index is 12.5. The van der Waals surface area contributed by atoms with Crippen molar-refractivity contribution >= 4 is 27.8 Å². The highest BCUT2D eigenvalue weighted by Gasteiger charge is 2.18. The van der Waals surface area contributed by atoms with Crippen LogP contribution in [0.15, 0.2) is 25.8 Å². The normalized spacial score (nSPS) is 15.4. The van der Waals surface area contributed by atoms with E-state index in [0.717, 1.165) is 46.1 Å². The zero-order chi connectivity index (χ0) is 19.8. The molecule has 1 saturated carbocycles. The number of carbonyl (C=O) groups is 1. The molecule has 0 atom stereocenters. The van der Waals surface area contributed by atoms with E-state index in [4.69, 9.17) is 8.83 Å². The first kappa shape index (κ1) is 18.8. The van der Waals surface area contributed by atoms with Gasteiger partial charge in [-0.15, -0.1) is 0 Å². The van der Waals surface area contributed by atoms with Crippen molar-refractivity contribution in [3.8, 4) is 0 Å². The van der Waals surface area contributed by atoms with Crippen LogP contribution in [0.2, 0.25) is 0 Å². The molecule has 0 saturated heterocycles. The molecule has 148 valence electrons. The molecular weight excluding hydrogens is 354 g/mol. The minimum Gasteiger partial charge on any atom is -0.461 e. The highest BCUT2D eigenvalue weighted by Crippen LogP contribution is 2.31. The fraction of sp³-hybridized carbons (Fsp3) is 0.478. The van der Waals surface area contributed by atoms with Crippen LogP contribution >= 0.6 is 0 Å². The summed E-state index contributed by atoms with van der Waals surface area (Å²) in [5, 5.41) is 5.05. The lowest BCUT2D eigenvalue weighted by Crippen LogP contribution is -2.36. The Hall–Kier alpha value is -2.56. The van der Waals surface area contributed by atoms with E-state index in [2.05, 4.69) is 5.32 Å². The van der Waals surface area contributed by atoms with E-state index in [-0.39, 0.29) is 17.6 Å². The van der Waals surface area contributed by atoms with Crippen LogP contribution < -0.4 is 10.9 Å². The van der Waals surface area contributed by atoms with Crippen LogP contribution in [0, 0.1) is 20.8 Å². The Labute approximate surface area is 164 Å². The summed E-state index contributed by atoms with van der Waals surface area (Å²) in [6.07, 6.45) is 6.43. The highest BCUT2D eigenvalue weighted by molar-refractivity contribution is 5.96. The molecule has 1 amide bonds. The van der Waals surface area contributed by atoms with Crippen LogP contribution in [0.25, 0.3) is 21.9 Å². The number of benzene rings is 1. The number of fused-ring (bicyclic) bond motifs is 2. The minimum absolute atomic E-state index is 0.0163. The topological polar surface area (TPSA) is 72.5 Å². The summed E-state index contributed by atoms with van der Waals surface area (Å²) >= 11 is 0. The van der Waals surface area contributed by atoms with Gasteiger partial charge in [0.2, 0.25) is 5.91 Å². The molecule has 5 nitrogen and oxygen atoms in total. The van der Waals surface area contributed by atoms with Crippen LogP contribution in [-0.2, 0) is 11.2 Å². The summed E-state index contributed by atoms with van der Waals surface area (Å²) in [4.78, 5) is 24.9. The summed E-state index contributed by atoms with van der Waals surface area (Å²) < 4.78 is 11.3. The third-order valence-corrected chi connectivity index (χ3v) is 6.16. The van der Waals surface area contributed by atoms with Crippen molar-refractivity contribution < 1.29 is 13.6 Å². The third kappa shape index (κ3) is 3.46. The first-order valence-corrected chi connectivity index (χ1v) is 10.2. The van der Waals surface area contributed by atoms with Gasteiger partial charge in [-0.2, -0.15) is 0 Å². The maximum atomic E-state index is 12.5. The summed E-state index contributed by atoms with van der Waals surface area (Å²) in [5.74, 6) is 0.882. The van der Waals surface area contributed by atoms with Crippen LogP contribution in [0.3, 0.4) is 0 Å². The van der Waals surface area contributed by atoms with E-state index in [0.29, 0.717) is 24.0 Å². The first-order valence-electron chi connectivity index (χ1n) is 10.2. The molecule has 1 aromatic carbocycles. The van der Waals surface area contributed by atoms with Crippen molar-refractivity contribution in [2.24, 2.45) is 0 Å². The Morgan fingerprint density at radius 1 is 1.00 bits per heavy atom. The molecule has 2 heterocycles. The van der Waals surface area contributed by atoms with E-state index >= 15 is 0 Å². The molecule has 0 radical (unpaired) electrons. The monoisotopic (exact) mass is 381 g/mol. The second-order valence-corrected chi connectivity index (χ2v) is 8.02. The Morgan fingerprint density at radius 3 is 2.43 bits per heavy atom. The van der Waals surface area contributed by atoms with Gasteiger partial charge >= 0.3 is 5.63 Å². The quantitative estimate of drug-likeness (QED) is 0.656. The molecule has 0 spiro atoms. The molecule has 0 bridgehead atoms. The van der Waals surface area contributed by atoms with Crippen molar-refractivity contribution in [1.82, 2.24) is 5.32 Å². The second-order valence-electron chi connectivity index (χ2n) is 8.02. The second kappa shape index (κ2) is 7.46. The van der Waals surface area contributed by atoms with Crippen LogP contribution in [0.5, 0.6) is 0 Å². The fourth-order valence-corrected chi connectivity index (χ4v) is 4.30. The molecular formula is C23H27NO4. The summed E-state index contributed by atoms with van der Waals surface area (Å²) in [6, 6.07) is 4.11. The minimum atomic E-state index is -0.366. The summed E-state index contributed by atoms with van der Waals surface area (Å²) in [5.41, 5.74) is 3.45. The van der Waals surface area contributed by atoms with Gasteiger partial charge in [-0.1, -0.05) is 19.3 Å². The molecule has 5 heteroatoms. The average Bonchev–Trinajstić information content (AvgIpc) is 2.94. The van der Waals surface area contributed by atoms with Crippen molar-refractivity contribution in [1.29, 1.82) is 0 Å². The van der Waals surface area contributed by atoms with Crippen LogP contribution in [0.4, 0.5) is 0 Å². The van der Waals surface area contributed by atoms with Gasteiger partial charge in [0.1, 0.15) is 16.9 Å². The Kier molecular flexibility index (Phi) is 5.00. The van der Waals surface area contributed by atoms with Crippen molar-refractivity contribution in [2.45, 2.75) is 71.8 Å². The van der Waals surface area contributed by atoms with Gasteiger partial charge in [0, 0.05) is 34.9 Å². The number of hydrogen-bond acceptors (Lipinski definition) is 4. The lowest BCUT2D eigenvalue weighted by molar-refractivity contribution is -0.121. The van der Waals surface area contributed by atoms with Crippen LogP contribution in [0.1, 0.15) is 61.0 Å². The van der Waals surface area contributed by atoms with Gasteiger partial charge in [-0.25, -0.2) is 4.79 Å². The van der Waals surface area contributed by atoms with Gasteiger partial charge < -0.3 is 14.2 Å². The number of rotatable bonds is 4. The van der Waals surface area contributed by atoms with E-state index in [1.165, 1.54) is 19.3 Å². The number of amides is 1. The predicted molar refractivity (Wildman–Crippen MR) is 110 cm³/mol. The lowest BCUT2D eigenvalue weighted by atomic mass is 9.95. The van der Waals surface area contributed by atoms with Crippen molar-refractivity contribution in [3.05, 3.63) is 45.0 Å². The number of carbonyl (C=O) groups excluding carboxylic acids is 1. The zero-order valence-electron chi connectivity index (χ0n) is 16.8. The molecule has 4 rings (SSSR count). The number of nitrogens with one attached hydrogen (secondary N) is 1. The van der Waals surface area contributed by atoms with Crippen LogP contribution in [-0.4, -0.2) is 11.9 Å². The zero-order valence-corrected chi connectivity index (χ0v) is 16.8. The first-order chi connectivity index (χ1) is 13.4. The average molecular weight is 381 g/mol. The molecule has 1 aliphatic carbocycles. The molecule has 1 fully saturated rings. The van der Waals surface area contributed by atoms with E-state index in [9.17, 15) is 9.59 Å². The van der Waals surface area contributed by atoms with Gasteiger partial charge in [0.25, 0.3) is 0 Å². The number of aryl methyl sites for hydroxylation is 3. The maximum Gasteiger partial charge on any atom is 0.339 e. The third-order valence-electron chi connectivity index (χ3n) is 6.16. The Balaban J connectivity index is 1.59. The van der Waals surface area contributed by atoms with Gasteiger partial charge in [-0.05, 0) is 57.2 Å². The molecule has 1 aliphatic rings. The summed E-state index contributed by atoms with van der Waals surface area (Å²) in [7, 11) is 0. The van der Waals surface area contributed by atoms with E-state index in [1.54, 1.807) is 6.07 Å². The molecule has 3 aromatic rings. The van der Waals surface area contributed by atoms with Gasteiger partial charge in [0.15, 0.2) is 0 Å². The summed E-state index contributed by atoms with van der Waals surface area (Å²) in [6.45, 7) is 5.89. The van der Waals surface area contributed by atoms with E-state index in [1.807, 2.05) is 26.8 Å².